The van der Waals surface area contributed by atoms with Crippen molar-refractivity contribution in [3.63, 3.8) is 0 Å². The van der Waals surface area contributed by atoms with Crippen LogP contribution < -0.4 is 5.32 Å². The third kappa shape index (κ3) is 25.4. The van der Waals surface area contributed by atoms with Gasteiger partial charge in [0.25, 0.3) is 0 Å². The zero-order chi connectivity index (χ0) is 30.6. The standard InChI is InChI=1S/C29H24NO9PS/c1-3-4-5-6-7-8-9-10-11-12-13-14-15-16-17-20-29(33)36-24-27(39-26(2)31)25-38-40(34,35)37-22-21-30-28(32)19-18-23-41/h27,41H,18-19,21-25H2,1-2H3,(H,30,32)(H,34,35). The SMILES string of the molecule is CC#CC#CC#CC#CC#CC#CC#CC#CC(=O)OCC(COP(=O)(O)OCCNC(=O)CCCS)OC(C)=O. The van der Waals surface area contributed by atoms with Crippen LogP contribution in [0.25, 0.3) is 0 Å². The van der Waals surface area contributed by atoms with Crippen LogP contribution in [0.2, 0.25) is 0 Å². The van der Waals surface area contributed by atoms with Crippen molar-refractivity contribution in [2.75, 3.05) is 32.1 Å². The van der Waals surface area contributed by atoms with E-state index in [-0.39, 0.29) is 25.5 Å². The molecule has 0 spiro atoms. The van der Waals surface area contributed by atoms with Gasteiger partial charge in [-0.2, -0.15) is 12.6 Å². The number of carbonyl (C=O) groups is 3. The molecule has 0 radical (unpaired) electrons. The number of esters is 2. The van der Waals surface area contributed by atoms with Crippen molar-refractivity contribution in [2.24, 2.45) is 0 Å². The van der Waals surface area contributed by atoms with Crippen molar-refractivity contribution >= 4 is 38.3 Å². The zero-order valence-electron chi connectivity index (χ0n) is 22.1. The van der Waals surface area contributed by atoms with Crippen LogP contribution in [0.4, 0.5) is 0 Å². The van der Waals surface area contributed by atoms with E-state index in [1.54, 1.807) is 6.92 Å². The molecule has 10 nitrogen and oxygen atoms in total. The first-order valence-electron chi connectivity index (χ1n) is 11.5. The van der Waals surface area contributed by atoms with Gasteiger partial charge in [-0.1, -0.05) is 5.92 Å². The van der Waals surface area contributed by atoms with Crippen molar-refractivity contribution < 1.29 is 42.4 Å². The molecular weight excluding hydrogens is 569 g/mol. The summed E-state index contributed by atoms with van der Waals surface area (Å²) in [4.78, 5) is 44.3. The second kappa shape index (κ2) is 24.4. The van der Waals surface area contributed by atoms with Gasteiger partial charge in [-0.05, 0) is 102 Å². The van der Waals surface area contributed by atoms with Gasteiger partial charge in [0.15, 0.2) is 6.10 Å². The lowest BCUT2D eigenvalue weighted by atomic mass is 10.3. The largest absolute Gasteiger partial charge is 0.472 e. The predicted molar refractivity (Wildman–Crippen MR) is 152 cm³/mol. The molecule has 41 heavy (non-hydrogen) atoms. The number of amides is 1. The van der Waals surface area contributed by atoms with Gasteiger partial charge in [-0.3, -0.25) is 18.6 Å². The van der Waals surface area contributed by atoms with Crippen LogP contribution in [-0.2, 0) is 37.5 Å². The molecule has 2 N–H and O–H groups in total. The summed E-state index contributed by atoms with van der Waals surface area (Å²) in [5.74, 6) is 37.0. The summed E-state index contributed by atoms with van der Waals surface area (Å²) in [5, 5.41) is 2.50. The molecule has 2 atom stereocenters. The number of nitrogens with one attached hydrogen (secondary N) is 1. The Bertz CT molecular complexity index is 1490. The van der Waals surface area contributed by atoms with Crippen LogP contribution in [0.1, 0.15) is 26.7 Å². The fraction of sp³-hybridized carbons (Fsp3) is 0.345. The minimum Gasteiger partial charge on any atom is -0.456 e. The summed E-state index contributed by atoms with van der Waals surface area (Å²) >= 11 is 4.00. The number of carbonyl (C=O) groups excluding carboxylic acids is 3. The van der Waals surface area contributed by atoms with E-state index in [2.05, 4.69) is 113 Å². The number of hydrogen-bond acceptors (Lipinski definition) is 9. The second-order valence-electron chi connectivity index (χ2n) is 6.73. The van der Waals surface area contributed by atoms with Crippen molar-refractivity contribution in [2.45, 2.75) is 32.8 Å². The Kier molecular flexibility index (Phi) is 21.6. The molecule has 0 aliphatic rings. The summed E-state index contributed by atoms with van der Waals surface area (Å²) in [6.45, 7) is 1.26. The van der Waals surface area contributed by atoms with Crippen molar-refractivity contribution in [3.8, 4) is 94.7 Å². The lowest BCUT2D eigenvalue weighted by Crippen LogP contribution is -2.29. The van der Waals surface area contributed by atoms with E-state index in [9.17, 15) is 23.8 Å². The molecule has 0 saturated heterocycles. The minimum absolute atomic E-state index is 0.0261. The van der Waals surface area contributed by atoms with E-state index < -0.39 is 39.1 Å². The third-order valence-electron chi connectivity index (χ3n) is 3.50. The van der Waals surface area contributed by atoms with E-state index in [0.29, 0.717) is 12.2 Å². The Morgan fingerprint density at radius 2 is 1.39 bits per heavy atom. The number of rotatable bonds is 13. The highest BCUT2D eigenvalue weighted by Gasteiger charge is 2.25. The molecule has 0 aromatic rings. The Morgan fingerprint density at radius 1 is 0.854 bits per heavy atom. The van der Waals surface area contributed by atoms with Crippen LogP contribution in [0.15, 0.2) is 0 Å². The first-order valence-corrected chi connectivity index (χ1v) is 13.6. The molecule has 0 heterocycles. The van der Waals surface area contributed by atoms with Crippen LogP contribution in [0, 0.1) is 94.7 Å². The highest BCUT2D eigenvalue weighted by atomic mass is 32.1. The zero-order valence-corrected chi connectivity index (χ0v) is 23.9. The average molecular weight is 594 g/mol. The Hall–Kier alpha value is -4.65. The van der Waals surface area contributed by atoms with E-state index >= 15 is 0 Å². The van der Waals surface area contributed by atoms with Gasteiger partial charge in [0.2, 0.25) is 5.91 Å². The van der Waals surface area contributed by atoms with Crippen LogP contribution >= 0.6 is 20.5 Å². The number of ether oxygens (including phenoxy) is 2. The first kappa shape index (κ1) is 36.3. The summed E-state index contributed by atoms with van der Waals surface area (Å²) in [6, 6.07) is 0. The summed E-state index contributed by atoms with van der Waals surface area (Å²) < 4.78 is 31.2. The summed E-state index contributed by atoms with van der Waals surface area (Å²) in [7, 11) is -4.55. The van der Waals surface area contributed by atoms with Crippen molar-refractivity contribution in [1.82, 2.24) is 5.32 Å². The smallest absolute Gasteiger partial charge is 0.456 e. The molecular formula is C29H24NO9PS. The molecule has 1 amide bonds. The quantitative estimate of drug-likeness (QED) is 0.0695. The maximum atomic E-state index is 12.0. The molecule has 2 unspecified atom stereocenters. The Labute approximate surface area is 245 Å². The van der Waals surface area contributed by atoms with E-state index in [1.165, 1.54) is 0 Å². The van der Waals surface area contributed by atoms with Crippen LogP contribution in [0.3, 0.4) is 0 Å². The lowest BCUT2D eigenvalue weighted by molar-refractivity contribution is -0.156. The van der Waals surface area contributed by atoms with Crippen molar-refractivity contribution in [1.29, 1.82) is 0 Å². The minimum atomic E-state index is -4.55. The van der Waals surface area contributed by atoms with Gasteiger partial charge >= 0.3 is 19.8 Å². The predicted octanol–water partition coefficient (Wildman–Crippen LogP) is 0.468. The van der Waals surface area contributed by atoms with Gasteiger partial charge < -0.3 is 19.7 Å². The number of thiol groups is 1. The van der Waals surface area contributed by atoms with E-state index in [0.717, 1.165) is 6.92 Å². The maximum absolute atomic E-state index is 12.0. The molecule has 0 aromatic heterocycles. The van der Waals surface area contributed by atoms with Crippen molar-refractivity contribution in [3.05, 3.63) is 0 Å². The fourth-order valence-electron chi connectivity index (χ4n) is 1.97. The number of hydrogen-bond donors (Lipinski definition) is 3. The maximum Gasteiger partial charge on any atom is 0.472 e. The highest BCUT2D eigenvalue weighted by Crippen LogP contribution is 2.43. The molecule has 12 heteroatoms. The Morgan fingerprint density at radius 3 is 1.90 bits per heavy atom. The van der Waals surface area contributed by atoms with Gasteiger partial charge in [-0.15, -0.1) is 0 Å². The first-order chi connectivity index (χ1) is 19.7. The van der Waals surface area contributed by atoms with Gasteiger partial charge in [0.05, 0.1) is 13.2 Å². The summed E-state index contributed by atoms with van der Waals surface area (Å²) in [5.41, 5.74) is 0. The van der Waals surface area contributed by atoms with Gasteiger partial charge in [-0.25, -0.2) is 9.36 Å². The molecule has 210 valence electrons. The monoisotopic (exact) mass is 593 g/mol. The normalized spacial score (nSPS) is 10.2. The summed E-state index contributed by atoms with van der Waals surface area (Å²) in [6.07, 6.45) is -0.373. The average Bonchev–Trinajstić information content (AvgIpc) is 2.93. The lowest BCUT2D eigenvalue weighted by Gasteiger charge is -2.18. The molecule has 0 bridgehead atoms. The second-order valence-corrected chi connectivity index (χ2v) is 8.63. The topological polar surface area (TPSA) is 137 Å². The molecule has 0 saturated carbocycles. The molecule has 0 aliphatic carbocycles. The van der Waals surface area contributed by atoms with Crippen LogP contribution in [-0.4, -0.2) is 61.0 Å². The highest BCUT2D eigenvalue weighted by molar-refractivity contribution is 7.80. The molecule has 0 aromatic carbocycles. The molecule has 0 rings (SSSR count). The van der Waals surface area contributed by atoms with Gasteiger partial charge in [0, 0.05) is 25.8 Å². The molecule has 0 aliphatic heterocycles. The van der Waals surface area contributed by atoms with E-state index in [4.69, 9.17) is 18.5 Å². The third-order valence-corrected chi connectivity index (χ3v) is 4.80. The Balaban J connectivity index is 4.63. The number of phosphoric ester groups is 1. The fourth-order valence-corrected chi connectivity index (χ4v) is 2.88. The van der Waals surface area contributed by atoms with Gasteiger partial charge in [0.1, 0.15) is 6.61 Å². The van der Waals surface area contributed by atoms with E-state index in [1.807, 2.05) is 0 Å². The molecule has 0 fully saturated rings. The van der Waals surface area contributed by atoms with Crippen LogP contribution in [0.5, 0.6) is 0 Å². The number of phosphoric acid groups is 1.